The molecule has 1 saturated heterocycles. The number of rotatable bonds is 5. The fourth-order valence-electron chi connectivity index (χ4n) is 5.70. The van der Waals surface area contributed by atoms with Crippen LogP contribution in [0.5, 0.6) is 11.5 Å². The van der Waals surface area contributed by atoms with Gasteiger partial charge in [0.2, 0.25) is 0 Å². The first-order valence-corrected chi connectivity index (χ1v) is 14.2. The van der Waals surface area contributed by atoms with Gasteiger partial charge in [0.1, 0.15) is 6.61 Å². The lowest BCUT2D eigenvalue weighted by molar-refractivity contribution is -0.172. The number of aliphatic hydroxyl groups is 1. The fourth-order valence-corrected chi connectivity index (χ4v) is 6.39. The molecular formula is C26H26I2N4O6. The highest BCUT2D eigenvalue weighted by molar-refractivity contribution is 14.1. The standard InChI is InChI=1S/C26H26I2N4O6/c1-3-26(35)18-9-20-23-16(12-32(20)24(33)17(18)13-36-25(26)34)15(11-31-6-4-30(2)5-7-31)14-8-21(37-27)22(38-28)10-19(14)29-23/h8-10,35H,3-7,11-13H2,1-2H3. The molecule has 6 rings (SSSR count). The van der Waals surface area contributed by atoms with Gasteiger partial charge < -0.3 is 25.4 Å². The topological polar surface area (TPSA) is 106 Å². The zero-order valence-electron chi connectivity index (χ0n) is 20.9. The van der Waals surface area contributed by atoms with Crippen molar-refractivity contribution in [3.05, 3.63) is 50.8 Å². The number of hydrogen-bond donors (Lipinski definition) is 1. The highest BCUT2D eigenvalue weighted by Gasteiger charge is 2.45. The first-order chi connectivity index (χ1) is 18.3. The third kappa shape index (κ3) is 4.01. The Kier molecular flexibility index (Phi) is 6.81. The summed E-state index contributed by atoms with van der Waals surface area (Å²) in [5, 5.41) is 12.2. The molecule has 12 heteroatoms. The largest absolute Gasteiger partial charge is 0.458 e. The Morgan fingerprint density at radius 2 is 1.79 bits per heavy atom. The van der Waals surface area contributed by atoms with Crippen LogP contribution < -0.4 is 11.7 Å². The molecule has 1 unspecified atom stereocenters. The maximum atomic E-state index is 13.7. The molecule has 0 radical (unpaired) electrons. The van der Waals surface area contributed by atoms with Crippen LogP contribution in [0.2, 0.25) is 0 Å². The lowest BCUT2D eigenvalue weighted by atomic mass is 9.86. The highest BCUT2D eigenvalue weighted by Crippen LogP contribution is 2.43. The van der Waals surface area contributed by atoms with Gasteiger partial charge >= 0.3 is 5.97 Å². The van der Waals surface area contributed by atoms with Gasteiger partial charge in [-0.1, -0.05) is 6.92 Å². The molecule has 3 aromatic rings. The number of aromatic nitrogens is 2. The predicted molar refractivity (Wildman–Crippen MR) is 157 cm³/mol. The molecule has 2 aromatic heterocycles. The van der Waals surface area contributed by atoms with Gasteiger partial charge in [0, 0.05) is 55.3 Å². The minimum Gasteiger partial charge on any atom is -0.458 e. The zero-order chi connectivity index (χ0) is 26.8. The van der Waals surface area contributed by atoms with Crippen LogP contribution in [0.1, 0.15) is 35.6 Å². The van der Waals surface area contributed by atoms with E-state index in [1.54, 1.807) is 17.6 Å². The second kappa shape index (κ2) is 9.87. The molecule has 38 heavy (non-hydrogen) atoms. The van der Waals surface area contributed by atoms with E-state index < -0.39 is 11.6 Å². The molecule has 5 heterocycles. The number of ether oxygens (including phenoxy) is 1. The summed E-state index contributed by atoms with van der Waals surface area (Å²) in [5.74, 6) is 0.419. The van der Waals surface area contributed by atoms with Crippen molar-refractivity contribution in [1.29, 1.82) is 0 Å². The Balaban J connectivity index is 1.58. The first kappa shape index (κ1) is 26.2. The van der Waals surface area contributed by atoms with Crippen molar-refractivity contribution in [1.82, 2.24) is 19.4 Å². The summed E-state index contributed by atoms with van der Waals surface area (Å²) in [6.45, 7) is 6.44. The molecule has 0 saturated carbocycles. The van der Waals surface area contributed by atoms with E-state index in [2.05, 4.69) is 16.8 Å². The molecule has 0 bridgehead atoms. The van der Waals surface area contributed by atoms with E-state index in [4.69, 9.17) is 15.9 Å². The molecule has 1 aromatic carbocycles. The van der Waals surface area contributed by atoms with Crippen molar-refractivity contribution < 1.29 is 20.8 Å². The summed E-state index contributed by atoms with van der Waals surface area (Å²) >= 11 is 3.67. The smallest absolute Gasteiger partial charge is 0.343 e. The van der Waals surface area contributed by atoms with Gasteiger partial charge in [-0.2, -0.15) is 0 Å². The van der Waals surface area contributed by atoms with Gasteiger partial charge in [0.05, 0.1) is 29.0 Å². The Bertz CT molecular complexity index is 1530. The van der Waals surface area contributed by atoms with Crippen LogP contribution >= 0.6 is 46.0 Å². The lowest BCUT2D eigenvalue weighted by Gasteiger charge is -2.33. The van der Waals surface area contributed by atoms with E-state index in [1.807, 2.05) is 58.1 Å². The lowest BCUT2D eigenvalue weighted by Crippen LogP contribution is -2.44. The molecule has 3 aliphatic rings. The molecule has 1 atom stereocenters. The molecule has 0 amide bonds. The molecule has 1 N–H and O–H groups in total. The van der Waals surface area contributed by atoms with Crippen LogP contribution in [-0.4, -0.2) is 63.7 Å². The van der Waals surface area contributed by atoms with E-state index in [9.17, 15) is 14.7 Å². The normalized spacial score (nSPS) is 21.1. The number of esters is 1. The average Bonchev–Trinajstić information content (AvgIpc) is 3.30. The summed E-state index contributed by atoms with van der Waals surface area (Å²) in [5.41, 5.74) is 2.55. The van der Waals surface area contributed by atoms with E-state index in [-0.39, 0.29) is 18.6 Å². The maximum absolute atomic E-state index is 13.7. The van der Waals surface area contributed by atoms with Gasteiger partial charge in [0.15, 0.2) is 63.1 Å². The number of halogens is 2. The van der Waals surface area contributed by atoms with Crippen molar-refractivity contribution in [3.63, 3.8) is 0 Å². The van der Waals surface area contributed by atoms with Crippen LogP contribution in [0.3, 0.4) is 0 Å². The molecular weight excluding hydrogens is 718 g/mol. The molecule has 200 valence electrons. The van der Waals surface area contributed by atoms with Crippen molar-refractivity contribution in [2.24, 2.45) is 0 Å². The predicted octanol–water partition coefficient (Wildman–Crippen LogP) is 3.28. The Morgan fingerprint density at radius 3 is 2.47 bits per heavy atom. The fraction of sp³-hybridized carbons (Fsp3) is 0.423. The summed E-state index contributed by atoms with van der Waals surface area (Å²) in [7, 11) is 2.13. The van der Waals surface area contributed by atoms with Gasteiger partial charge in [-0.05, 0) is 31.2 Å². The monoisotopic (exact) mass is 744 g/mol. The van der Waals surface area contributed by atoms with Crippen LogP contribution in [0.25, 0.3) is 22.3 Å². The average molecular weight is 744 g/mol. The van der Waals surface area contributed by atoms with Gasteiger partial charge in [-0.15, -0.1) is 0 Å². The third-order valence-corrected chi connectivity index (χ3v) is 8.96. The van der Waals surface area contributed by atoms with Crippen LogP contribution in [-0.2, 0) is 34.8 Å². The van der Waals surface area contributed by atoms with Crippen molar-refractivity contribution in [2.75, 3.05) is 33.2 Å². The second-order valence-corrected chi connectivity index (χ2v) is 11.0. The highest BCUT2D eigenvalue weighted by atomic mass is 127. The summed E-state index contributed by atoms with van der Waals surface area (Å²) < 4.78 is 18.0. The minimum atomic E-state index is -1.86. The summed E-state index contributed by atoms with van der Waals surface area (Å²) in [6.07, 6.45) is 0.101. The number of fused-ring (bicyclic) bond motifs is 5. The molecule has 0 spiro atoms. The number of hydrogen-bond acceptors (Lipinski definition) is 9. The number of nitrogens with zero attached hydrogens (tertiary/aromatic N) is 4. The van der Waals surface area contributed by atoms with Crippen LogP contribution in [0.15, 0.2) is 23.0 Å². The maximum Gasteiger partial charge on any atom is 0.343 e. The Hall–Kier alpha value is -2.01. The summed E-state index contributed by atoms with van der Waals surface area (Å²) in [6, 6.07) is 5.55. The van der Waals surface area contributed by atoms with Crippen molar-refractivity contribution >= 4 is 62.9 Å². The molecule has 0 aliphatic carbocycles. The molecule has 10 nitrogen and oxygen atoms in total. The van der Waals surface area contributed by atoms with E-state index in [0.717, 1.165) is 48.2 Å². The van der Waals surface area contributed by atoms with Gasteiger partial charge in [-0.25, -0.2) is 9.78 Å². The Morgan fingerprint density at radius 1 is 1.08 bits per heavy atom. The van der Waals surface area contributed by atoms with Crippen molar-refractivity contribution in [3.8, 4) is 22.9 Å². The third-order valence-electron chi connectivity index (χ3n) is 8.02. The van der Waals surface area contributed by atoms with E-state index in [1.165, 1.54) is 0 Å². The van der Waals surface area contributed by atoms with Crippen LogP contribution in [0, 0.1) is 0 Å². The van der Waals surface area contributed by atoms with E-state index >= 15 is 0 Å². The molecule has 1 fully saturated rings. The molecule has 3 aliphatic heterocycles. The number of piperazine rings is 1. The number of pyridine rings is 2. The number of likely N-dealkylation sites (N-methyl/N-ethyl adjacent to an activating group) is 1. The quantitative estimate of drug-likeness (QED) is 0.244. The second-order valence-electron chi connectivity index (χ2n) is 10.1. The van der Waals surface area contributed by atoms with Gasteiger partial charge in [0.25, 0.3) is 5.56 Å². The number of carbonyl (C=O) groups is 1. The number of carbonyl (C=O) groups excluding carboxylic acids is 1. The number of benzene rings is 1. The van der Waals surface area contributed by atoms with Gasteiger partial charge in [-0.3, -0.25) is 9.69 Å². The first-order valence-electron chi connectivity index (χ1n) is 12.4. The van der Waals surface area contributed by atoms with E-state index in [0.29, 0.717) is 47.1 Å². The van der Waals surface area contributed by atoms with Crippen LogP contribution in [0.4, 0.5) is 0 Å². The Labute approximate surface area is 247 Å². The number of cyclic esters (lactones) is 1. The zero-order valence-corrected chi connectivity index (χ0v) is 25.2. The SMILES string of the molecule is CCC1(O)C(=O)OCc2c1cc1n(c2=O)Cc2c-1nc1cc(OI)c(OI)cc1c2CN1CCN(C)CC1. The van der Waals surface area contributed by atoms with Crippen molar-refractivity contribution in [2.45, 2.75) is 38.6 Å². The minimum absolute atomic E-state index is 0.101. The summed E-state index contributed by atoms with van der Waals surface area (Å²) in [4.78, 5) is 36.0.